The molecule has 142 valence electrons. The summed E-state index contributed by atoms with van der Waals surface area (Å²) in [5, 5.41) is 2.68. The normalized spacial score (nSPS) is 20.4. The monoisotopic (exact) mass is 371 g/mol. The average molecular weight is 371 g/mol. The lowest BCUT2D eigenvalue weighted by Gasteiger charge is -2.24. The summed E-state index contributed by atoms with van der Waals surface area (Å²) >= 11 is 0. The Morgan fingerprint density at radius 2 is 1.93 bits per heavy atom. The van der Waals surface area contributed by atoms with Gasteiger partial charge in [-0.15, -0.1) is 13.2 Å². The molecule has 3 rings (SSSR count). The van der Waals surface area contributed by atoms with Crippen molar-refractivity contribution in [2.24, 2.45) is 0 Å². The van der Waals surface area contributed by atoms with Crippen LogP contribution in [0.1, 0.15) is 12.5 Å². The third-order valence-corrected chi connectivity index (χ3v) is 4.57. The van der Waals surface area contributed by atoms with Crippen LogP contribution < -0.4 is 14.8 Å². The van der Waals surface area contributed by atoms with Crippen LogP contribution in [-0.4, -0.2) is 54.1 Å². The largest absolute Gasteiger partial charge is 0.454 e. The fourth-order valence-electron chi connectivity index (χ4n) is 3.07. The van der Waals surface area contributed by atoms with Crippen LogP contribution in [0.5, 0.6) is 11.5 Å². The fourth-order valence-corrected chi connectivity index (χ4v) is 3.07. The van der Waals surface area contributed by atoms with Crippen molar-refractivity contribution in [3.05, 3.63) is 49.1 Å². The Morgan fingerprint density at radius 1 is 1.26 bits per heavy atom. The third kappa shape index (κ3) is 3.25. The number of rotatable bonds is 7. The van der Waals surface area contributed by atoms with Crippen LogP contribution in [0.4, 0.5) is 4.79 Å². The maximum atomic E-state index is 13.0. The Balaban J connectivity index is 1.81. The van der Waals surface area contributed by atoms with Crippen molar-refractivity contribution in [2.45, 2.75) is 12.5 Å². The van der Waals surface area contributed by atoms with Crippen molar-refractivity contribution < 1.29 is 23.9 Å². The van der Waals surface area contributed by atoms with Gasteiger partial charge in [0.05, 0.1) is 0 Å². The van der Waals surface area contributed by atoms with E-state index in [-0.39, 0.29) is 19.2 Å². The lowest BCUT2D eigenvalue weighted by Crippen LogP contribution is -2.44. The number of nitrogens with zero attached hydrogens (tertiary/aromatic N) is 2. The standard InChI is InChI=1S/C19H21N3O5/c1-4-8-21(9-5-2)16(23)11-22-17(24)19(3,20-18(22)25)13-6-7-14-15(10-13)27-12-26-14/h4-7,10H,1-2,8-9,11-12H2,3H3,(H,20,25)/t19-/m1/s1. The van der Waals surface area contributed by atoms with Crippen LogP contribution in [0.15, 0.2) is 43.5 Å². The Morgan fingerprint density at radius 3 is 2.59 bits per heavy atom. The first kappa shape index (κ1) is 18.5. The van der Waals surface area contributed by atoms with Gasteiger partial charge in [0.1, 0.15) is 12.1 Å². The van der Waals surface area contributed by atoms with E-state index in [4.69, 9.17) is 9.47 Å². The Hall–Kier alpha value is -3.29. The number of hydrogen-bond donors (Lipinski definition) is 1. The number of hydrogen-bond acceptors (Lipinski definition) is 5. The average Bonchev–Trinajstić information content (AvgIpc) is 3.20. The van der Waals surface area contributed by atoms with Crippen LogP contribution in [0.25, 0.3) is 0 Å². The number of urea groups is 1. The zero-order chi connectivity index (χ0) is 19.6. The number of nitrogens with one attached hydrogen (secondary N) is 1. The van der Waals surface area contributed by atoms with E-state index in [2.05, 4.69) is 18.5 Å². The molecule has 8 heteroatoms. The van der Waals surface area contributed by atoms with Gasteiger partial charge in [0.15, 0.2) is 11.5 Å². The van der Waals surface area contributed by atoms with Crippen molar-refractivity contribution in [3.8, 4) is 11.5 Å². The molecule has 2 heterocycles. The molecule has 1 saturated heterocycles. The van der Waals surface area contributed by atoms with Crippen molar-refractivity contribution in [2.75, 3.05) is 26.4 Å². The molecule has 27 heavy (non-hydrogen) atoms. The SMILES string of the molecule is C=CCN(CC=C)C(=O)CN1C(=O)N[C@](C)(c2ccc3c(c2)OCO3)C1=O. The van der Waals surface area contributed by atoms with Gasteiger partial charge in [-0.05, 0) is 24.6 Å². The highest BCUT2D eigenvalue weighted by Crippen LogP contribution is 2.37. The van der Waals surface area contributed by atoms with E-state index in [1.54, 1.807) is 37.3 Å². The molecular weight excluding hydrogens is 350 g/mol. The molecule has 1 aromatic carbocycles. The first-order valence-electron chi connectivity index (χ1n) is 8.44. The van der Waals surface area contributed by atoms with Crippen molar-refractivity contribution in [3.63, 3.8) is 0 Å². The van der Waals surface area contributed by atoms with E-state index in [9.17, 15) is 14.4 Å². The molecule has 1 N–H and O–H groups in total. The highest BCUT2D eigenvalue weighted by atomic mass is 16.7. The Labute approximate surface area is 157 Å². The van der Waals surface area contributed by atoms with Gasteiger partial charge in [0.2, 0.25) is 12.7 Å². The maximum Gasteiger partial charge on any atom is 0.325 e. The zero-order valence-corrected chi connectivity index (χ0v) is 15.1. The molecule has 0 unspecified atom stereocenters. The highest BCUT2D eigenvalue weighted by molar-refractivity contribution is 6.09. The number of benzene rings is 1. The molecule has 1 aromatic rings. The summed E-state index contributed by atoms with van der Waals surface area (Å²) in [7, 11) is 0. The molecule has 4 amide bonds. The molecule has 0 saturated carbocycles. The number of ether oxygens (including phenoxy) is 2. The number of imide groups is 1. The molecule has 0 spiro atoms. The molecule has 2 aliphatic heterocycles. The Kier molecular flexibility index (Phi) is 4.89. The minimum absolute atomic E-state index is 0.110. The molecule has 0 aromatic heterocycles. The minimum atomic E-state index is -1.29. The third-order valence-electron chi connectivity index (χ3n) is 4.57. The van der Waals surface area contributed by atoms with Gasteiger partial charge in [-0.25, -0.2) is 4.79 Å². The van der Waals surface area contributed by atoms with Crippen LogP contribution in [0.3, 0.4) is 0 Å². The summed E-state index contributed by atoms with van der Waals surface area (Å²) < 4.78 is 10.6. The van der Waals surface area contributed by atoms with Crippen LogP contribution in [-0.2, 0) is 15.1 Å². The van der Waals surface area contributed by atoms with Crippen LogP contribution in [0, 0.1) is 0 Å². The topological polar surface area (TPSA) is 88.2 Å². The van der Waals surface area contributed by atoms with Crippen molar-refractivity contribution in [1.82, 2.24) is 15.1 Å². The number of fused-ring (bicyclic) bond motifs is 1. The lowest BCUT2D eigenvalue weighted by molar-refractivity contribution is -0.138. The highest BCUT2D eigenvalue weighted by Gasteiger charge is 2.50. The predicted molar refractivity (Wildman–Crippen MR) is 97.1 cm³/mol. The van der Waals surface area contributed by atoms with Gasteiger partial charge in [-0.2, -0.15) is 0 Å². The van der Waals surface area contributed by atoms with E-state index >= 15 is 0 Å². The summed E-state index contributed by atoms with van der Waals surface area (Å²) in [6, 6.07) is 4.42. The molecule has 0 radical (unpaired) electrons. The van der Waals surface area contributed by atoms with Gasteiger partial charge in [0.25, 0.3) is 5.91 Å². The second-order valence-corrected chi connectivity index (χ2v) is 6.39. The van der Waals surface area contributed by atoms with Gasteiger partial charge in [-0.1, -0.05) is 18.2 Å². The molecule has 2 aliphatic rings. The van der Waals surface area contributed by atoms with Crippen LogP contribution in [0.2, 0.25) is 0 Å². The predicted octanol–water partition coefficient (Wildman–Crippen LogP) is 1.38. The Bertz CT molecular complexity index is 812. The smallest absolute Gasteiger partial charge is 0.325 e. The van der Waals surface area contributed by atoms with Gasteiger partial charge in [0, 0.05) is 13.1 Å². The van der Waals surface area contributed by atoms with Gasteiger partial charge in [-0.3, -0.25) is 14.5 Å². The fraction of sp³-hybridized carbons (Fsp3) is 0.316. The van der Waals surface area contributed by atoms with E-state index < -0.39 is 17.5 Å². The lowest BCUT2D eigenvalue weighted by atomic mass is 9.91. The number of carbonyl (C=O) groups excluding carboxylic acids is 3. The summed E-state index contributed by atoms with van der Waals surface area (Å²) in [6.07, 6.45) is 3.15. The van der Waals surface area contributed by atoms with Crippen LogP contribution >= 0.6 is 0 Å². The molecule has 1 fully saturated rings. The first-order chi connectivity index (χ1) is 12.9. The van der Waals surface area contributed by atoms with E-state index in [0.717, 1.165) is 4.90 Å². The van der Waals surface area contributed by atoms with E-state index in [1.165, 1.54) is 4.90 Å². The summed E-state index contributed by atoms with van der Waals surface area (Å²) in [5.74, 6) is 0.217. The van der Waals surface area contributed by atoms with E-state index in [1.807, 2.05) is 0 Å². The number of carbonyl (C=O) groups is 3. The number of amides is 4. The summed E-state index contributed by atoms with van der Waals surface area (Å²) in [4.78, 5) is 40.2. The minimum Gasteiger partial charge on any atom is -0.454 e. The molecule has 0 bridgehead atoms. The summed E-state index contributed by atoms with van der Waals surface area (Å²) in [6.45, 7) is 9.17. The van der Waals surface area contributed by atoms with Gasteiger partial charge >= 0.3 is 6.03 Å². The quantitative estimate of drug-likeness (QED) is 0.578. The van der Waals surface area contributed by atoms with Gasteiger partial charge < -0.3 is 19.7 Å². The zero-order valence-electron chi connectivity index (χ0n) is 15.1. The van der Waals surface area contributed by atoms with Crippen molar-refractivity contribution >= 4 is 17.8 Å². The second-order valence-electron chi connectivity index (χ2n) is 6.39. The maximum absolute atomic E-state index is 13.0. The second kappa shape index (κ2) is 7.14. The first-order valence-corrected chi connectivity index (χ1v) is 8.44. The molecule has 0 aliphatic carbocycles. The van der Waals surface area contributed by atoms with Crippen molar-refractivity contribution in [1.29, 1.82) is 0 Å². The molecule has 1 atom stereocenters. The molecular formula is C19H21N3O5. The molecule has 8 nitrogen and oxygen atoms in total. The van der Waals surface area contributed by atoms with E-state index in [0.29, 0.717) is 30.2 Å². The summed E-state index contributed by atoms with van der Waals surface area (Å²) in [5.41, 5.74) is -0.742.